The Labute approximate surface area is 235 Å². The van der Waals surface area contributed by atoms with Crippen molar-refractivity contribution in [2.75, 3.05) is 22.1 Å². The van der Waals surface area contributed by atoms with Crippen molar-refractivity contribution in [3.05, 3.63) is 71.8 Å². The number of nitrogens with one attached hydrogen (secondary N) is 3. The summed E-state index contributed by atoms with van der Waals surface area (Å²) in [7, 11) is 0. The predicted octanol–water partition coefficient (Wildman–Crippen LogP) is 6.59. The summed E-state index contributed by atoms with van der Waals surface area (Å²) in [6.45, 7) is 4.72. The fourth-order valence-electron chi connectivity index (χ4n) is 4.55. The summed E-state index contributed by atoms with van der Waals surface area (Å²) in [5.74, 6) is 0.253. The maximum atomic E-state index is 13.5. The average Bonchev–Trinajstić information content (AvgIpc) is 3.71. The van der Waals surface area contributed by atoms with E-state index in [0.29, 0.717) is 60.8 Å². The first-order valence-corrected chi connectivity index (χ1v) is 13.3. The number of carbonyl (C=O) groups excluding carboxylic acids is 2. The molecule has 214 valence electrons. The molecule has 0 unspecified atom stereocenters. The molecule has 1 atom stereocenters. The van der Waals surface area contributed by atoms with Crippen LogP contribution in [0.3, 0.4) is 0 Å². The quantitative estimate of drug-likeness (QED) is 0.300. The van der Waals surface area contributed by atoms with Crippen LogP contribution in [-0.2, 0) is 17.5 Å². The van der Waals surface area contributed by atoms with Gasteiger partial charge < -0.3 is 16.0 Å². The molecule has 41 heavy (non-hydrogen) atoms. The number of anilines is 3. The molecule has 0 saturated heterocycles. The zero-order chi connectivity index (χ0) is 29.2. The standard InChI is InChI=1S/C29H30F3N7O2/c1-18-13-15-33-24-11-10-23(20-4-3-5-21(16-20)29(30,31)32)36-26(24)39(18)27(41)35-22-8-6-19(7-9-22)17-34-25(40)12-14-28(2)37-38-28/h3-11,16,18,33H,12-15,17H2,1-2H3,(H,34,40)(H,35,41)/t18-/m1/s1. The number of carbonyl (C=O) groups is 2. The van der Waals surface area contributed by atoms with E-state index < -0.39 is 23.4 Å². The minimum absolute atomic E-state index is 0.0830. The fourth-order valence-corrected chi connectivity index (χ4v) is 4.55. The SMILES string of the molecule is C[C@@H]1CCNc2ccc(-c3cccc(C(F)(F)F)c3)nc2N1C(=O)Nc1ccc(CNC(=O)CCC2(C)N=N2)cc1. The number of pyridine rings is 1. The third-order valence-corrected chi connectivity index (χ3v) is 7.09. The van der Waals surface area contributed by atoms with Gasteiger partial charge >= 0.3 is 12.2 Å². The number of amides is 3. The number of urea groups is 1. The highest BCUT2D eigenvalue weighted by molar-refractivity contribution is 6.03. The second-order valence-electron chi connectivity index (χ2n) is 10.4. The molecule has 1 aromatic heterocycles. The molecule has 0 aliphatic carbocycles. The number of nitrogens with zero attached hydrogens (tertiary/aromatic N) is 4. The molecule has 2 aliphatic heterocycles. The van der Waals surface area contributed by atoms with E-state index in [1.807, 2.05) is 26.0 Å². The summed E-state index contributed by atoms with van der Waals surface area (Å²) in [6.07, 6.45) is -2.92. The maximum Gasteiger partial charge on any atom is 0.416 e. The Morgan fingerprint density at radius 1 is 1.10 bits per heavy atom. The molecule has 0 saturated carbocycles. The smallest absolute Gasteiger partial charge is 0.382 e. The van der Waals surface area contributed by atoms with Gasteiger partial charge in [-0.05, 0) is 62.2 Å². The molecule has 9 nitrogen and oxygen atoms in total. The summed E-state index contributed by atoms with van der Waals surface area (Å²) in [4.78, 5) is 31.8. The molecule has 2 aromatic carbocycles. The molecule has 0 fully saturated rings. The van der Waals surface area contributed by atoms with Gasteiger partial charge in [0.25, 0.3) is 0 Å². The van der Waals surface area contributed by atoms with Crippen LogP contribution in [0.15, 0.2) is 70.9 Å². The molecule has 2 aliphatic rings. The highest BCUT2D eigenvalue weighted by Crippen LogP contribution is 2.35. The number of alkyl halides is 3. The number of aromatic nitrogens is 1. The Morgan fingerprint density at radius 3 is 2.56 bits per heavy atom. The average molecular weight is 566 g/mol. The van der Waals surface area contributed by atoms with Gasteiger partial charge in [-0.25, -0.2) is 9.78 Å². The molecular weight excluding hydrogens is 535 g/mol. The van der Waals surface area contributed by atoms with Crippen LogP contribution < -0.4 is 20.9 Å². The predicted molar refractivity (Wildman–Crippen MR) is 150 cm³/mol. The van der Waals surface area contributed by atoms with Gasteiger partial charge in [-0.15, -0.1) is 0 Å². The van der Waals surface area contributed by atoms with Gasteiger partial charge in [0, 0.05) is 43.2 Å². The lowest BCUT2D eigenvalue weighted by molar-refractivity contribution is -0.137. The van der Waals surface area contributed by atoms with E-state index in [1.165, 1.54) is 11.0 Å². The van der Waals surface area contributed by atoms with Crippen LogP contribution in [-0.4, -0.2) is 35.2 Å². The molecule has 3 N–H and O–H groups in total. The third-order valence-electron chi connectivity index (χ3n) is 7.09. The minimum atomic E-state index is -4.48. The topological polar surface area (TPSA) is 111 Å². The number of fused-ring (bicyclic) bond motifs is 1. The lowest BCUT2D eigenvalue weighted by Gasteiger charge is -2.27. The van der Waals surface area contributed by atoms with Crippen molar-refractivity contribution < 1.29 is 22.8 Å². The second kappa shape index (κ2) is 11.2. The normalized spacial score (nSPS) is 17.2. The van der Waals surface area contributed by atoms with E-state index in [4.69, 9.17) is 0 Å². The van der Waals surface area contributed by atoms with Crippen LogP contribution in [0.25, 0.3) is 11.3 Å². The van der Waals surface area contributed by atoms with E-state index in [9.17, 15) is 22.8 Å². The Bertz CT molecular complexity index is 1470. The van der Waals surface area contributed by atoms with Crippen molar-refractivity contribution in [3.8, 4) is 11.3 Å². The van der Waals surface area contributed by atoms with Crippen LogP contribution in [0, 0.1) is 0 Å². The minimum Gasteiger partial charge on any atom is -0.382 e. The number of benzene rings is 2. The zero-order valence-corrected chi connectivity index (χ0v) is 22.6. The highest BCUT2D eigenvalue weighted by atomic mass is 19.4. The van der Waals surface area contributed by atoms with Gasteiger partial charge in [0.05, 0.1) is 16.9 Å². The molecule has 3 amide bonds. The van der Waals surface area contributed by atoms with Crippen LogP contribution in [0.4, 0.5) is 35.2 Å². The molecular formula is C29H30F3N7O2. The van der Waals surface area contributed by atoms with Crippen molar-refractivity contribution >= 4 is 29.1 Å². The number of halogens is 3. The molecule has 5 rings (SSSR count). The molecule has 3 heterocycles. The molecule has 12 heteroatoms. The second-order valence-corrected chi connectivity index (χ2v) is 10.4. The molecule has 0 radical (unpaired) electrons. The molecule has 3 aromatic rings. The van der Waals surface area contributed by atoms with Crippen LogP contribution >= 0.6 is 0 Å². The van der Waals surface area contributed by atoms with Crippen molar-refractivity contribution in [3.63, 3.8) is 0 Å². The van der Waals surface area contributed by atoms with Crippen molar-refractivity contribution in [1.82, 2.24) is 10.3 Å². The highest BCUT2D eigenvalue weighted by Gasteiger charge is 2.34. The summed E-state index contributed by atoms with van der Waals surface area (Å²) in [5.41, 5.74) is 1.48. The Kier molecular flexibility index (Phi) is 7.65. The number of hydrogen-bond donors (Lipinski definition) is 3. The Hall–Kier alpha value is -4.48. The Morgan fingerprint density at radius 2 is 1.85 bits per heavy atom. The van der Waals surface area contributed by atoms with E-state index >= 15 is 0 Å². The third kappa shape index (κ3) is 6.82. The largest absolute Gasteiger partial charge is 0.416 e. The van der Waals surface area contributed by atoms with Gasteiger partial charge in [0.1, 0.15) is 0 Å². The van der Waals surface area contributed by atoms with E-state index in [2.05, 4.69) is 31.2 Å². The lowest BCUT2D eigenvalue weighted by atomic mass is 10.1. The maximum absolute atomic E-state index is 13.5. The fraction of sp³-hybridized carbons (Fsp3) is 0.345. The molecule has 0 spiro atoms. The van der Waals surface area contributed by atoms with Gasteiger partial charge in [-0.3, -0.25) is 9.69 Å². The zero-order valence-electron chi connectivity index (χ0n) is 22.6. The van der Waals surface area contributed by atoms with Gasteiger partial charge in [-0.1, -0.05) is 24.3 Å². The van der Waals surface area contributed by atoms with Crippen LogP contribution in [0.5, 0.6) is 0 Å². The van der Waals surface area contributed by atoms with Crippen LogP contribution in [0.2, 0.25) is 0 Å². The van der Waals surface area contributed by atoms with Gasteiger partial charge in [0.15, 0.2) is 11.5 Å². The van der Waals surface area contributed by atoms with E-state index in [0.717, 1.165) is 17.7 Å². The summed E-state index contributed by atoms with van der Waals surface area (Å²) >= 11 is 0. The van der Waals surface area contributed by atoms with Crippen molar-refractivity contribution in [2.24, 2.45) is 10.2 Å². The Balaban J connectivity index is 1.29. The first kappa shape index (κ1) is 28.1. The summed E-state index contributed by atoms with van der Waals surface area (Å²) in [6, 6.07) is 14.8. The lowest BCUT2D eigenvalue weighted by Crippen LogP contribution is -2.42. The first-order chi connectivity index (χ1) is 19.5. The monoisotopic (exact) mass is 565 g/mol. The van der Waals surface area contributed by atoms with E-state index in [1.54, 1.807) is 30.3 Å². The van der Waals surface area contributed by atoms with Gasteiger partial charge in [-0.2, -0.15) is 23.4 Å². The summed E-state index contributed by atoms with van der Waals surface area (Å²) < 4.78 is 39.9. The number of hydrogen-bond acceptors (Lipinski definition) is 6. The van der Waals surface area contributed by atoms with E-state index in [-0.39, 0.29) is 11.9 Å². The van der Waals surface area contributed by atoms with Crippen molar-refractivity contribution in [1.29, 1.82) is 0 Å². The van der Waals surface area contributed by atoms with Gasteiger partial charge in [0.2, 0.25) is 5.91 Å². The number of rotatable bonds is 7. The van der Waals surface area contributed by atoms with Crippen molar-refractivity contribution in [2.45, 2.75) is 57.5 Å². The summed E-state index contributed by atoms with van der Waals surface area (Å²) in [5, 5.41) is 16.8. The molecule has 0 bridgehead atoms. The first-order valence-electron chi connectivity index (χ1n) is 13.3. The van der Waals surface area contributed by atoms with Crippen LogP contribution in [0.1, 0.15) is 44.2 Å².